The lowest BCUT2D eigenvalue weighted by Gasteiger charge is -2.11. The van der Waals surface area contributed by atoms with Crippen molar-refractivity contribution >= 4 is 22.5 Å². The van der Waals surface area contributed by atoms with Crippen molar-refractivity contribution in [3.63, 3.8) is 0 Å². The van der Waals surface area contributed by atoms with Crippen LogP contribution in [0.4, 0.5) is 0 Å². The predicted molar refractivity (Wildman–Crippen MR) is 101 cm³/mol. The van der Waals surface area contributed by atoms with E-state index in [0.29, 0.717) is 6.61 Å². The van der Waals surface area contributed by atoms with Crippen molar-refractivity contribution in [2.45, 2.75) is 11.8 Å². The Morgan fingerprint density at radius 1 is 0.880 bits per heavy atom. The van der Waals surface area contributed by atoms with Crippen LogP contribution in [-0.2, 0) is 6.61 Å². The fraction of sp³-hybridized carbons (Fsp3) is 0.100. The summed E-state index contributed by atoms with van der Waals surface area (Å²) in [6.07, 6.45) is 2.00. The van der Waals surface area contributed by atoms with Crippen molar-refractivity contribution < 1.29 is 4.74 Å². The second kappa shape index (κ2) is 6.99. The summed E-state index contributed by atoms with van der Waals surface area (Å²) < 4.78 is 8.13. The van der Waals surface area contributed by atoms with Gasteiger partial charge in [0, 0.05) is 11.1 Å². The van der Waals surface area contributed by atoms with Crippen LogP contribution in [0.3, 0.4) is 0 Å². The standard InChI is InChI=1S/C20H17N3OS/c1-25-20-22-21-19(23(20)16-10-3-2-4-11-16)14-24-18-13-7-9-15-8-5-6-12-17(15)18/h2-13H,14H2,1H3. The lowest BCUT2D eigenvalue weighted by atomic mass is 10.1. The molecule has 0 N–H and O–H groups in total. The van der Waals surface area contributed by atoms with E-state index in [-0.39, 0.29) is 0 Å². The molecule has 0 aliphatic heterocycles. The third-order valence-electron chi connectivity index (χ3n) is 4.00. The van der Waals surface area contributed by atoms with Crippen LogP contribution in [0.5, 0.6) is 5.75 Å². The van der Waals surface area contributed by atoms with E-state index >= 15 is 0 Å². The summed E-state index contributed by atoms with van der Waals surface area (Å²) in [5, 5.41) is 11.7. The fourth-order valence-electron chi connectivity index (χ4n) is 2.83. The average Bonchev–Trinajstić information content (AvgIpc) is 3.10. The van der Waals surface area contributed by atoms with Gasteiger partial charge < -0.3 is 4.74 Å². The van der Waals surface area contributed by atoms with Crippen molar-refractivity contribution in [2.24, 2.45) is 0 Å². The first-order chi connectivity index (χ1) is 12.4. The van der Waals surface area contributed by atoms with Gasteiger partial charge in [0.1, 0.15) is 12.4 Å². The summed E-state index contributed by atoms with van der Waals surface area (Å²) in [4.78, 5) is 0. The molecule has 25 heavy (non-hydrogen) atoms. The summed E-state index contributed by atoms with van der Waals surface area (Å²) in [7, 11) is 0. The molecule has 124 valence electrons. The van der Waals surface area contributed by atoms with Gasteiger partial charge in [-0.1, -0.05) is 66.4 Å². The number of benzene rings is 3. The van der Waals surface area contributed by atoms with E-state index in [1.807, 2.05) is 65.4 Å². The molecule has 0 bridgehead atoms. The van der Waals surface area contributed by atoms with Crippen LogP contribution in [0.1, 0.15) is 5.82 Å². The molecule has 0 aliphatic rings. The number of hydrogen-bond donors (Lipinski definition) is 0. The highest BCUT2D eigenvalue weighted by Crippen LogP contribution is 2.27. The molecule has 4 nitrogen and oxygen atoms in total. The maximum atomic E-state index is 6.09. The third-order valence-corrected chi connectivity index (χ3v) is 4.63. The quantitative estimate of drug-likeness (QED) is 0.490. The topological polar surface area (TPSA) is 39.9 Å². The van der Waals surface area contributed by atoms with Crippen molar-refractivity contribution in [1.29, 1.82) is 0 Å². The Morgan fingerprint density at radius 2 is 1.64 bits per heavy atom. The minimum absolute atomic E-state index is 0.358. The van der Waals surface area contributed by atoms with Crippen LogP contribution in [-0.4, -0.2) is 21.0 Å². The molecule has 4 aromatic rings. The largest absolute Gasteiger partial charge is 0.485 e. The zero-order chi connectivity index (χ0) is 17.1. The lowest BCUT2D eigenvalue weighted by molar-refractivity contribution is 0.296. The van der Waals surface area contributed by atoms with Gasteiger partial charge >= 0.3 is 0 Å². The molecule has 1 heterocycles. The molecule has 1 aromatic heterocycles. The monoisotopic (exact) mass is 347 g/mol. The Balaban J connectivity index is 1.67. The van der Waals surface area contributed by atoms with Crippen LogP contribution in [0, 0.1) is 0 Å². The van der Waals surface area contributed by atoms with E-state index < -0.39 is 0 Å². The molecular weight excluding hydrogens is 330 g/mol. The molecule has 0 aliphatic carbocycles. The Hall–Kier alpha value is -2.79. The lowest BCUT2D eigenvalue weighted by Crippen LogP contribution is -2.06. The SMILES string of the molecule is CSc1nnc(COc2cccc3ccccc23)n1-c1ccccc1. The van der Waals surface area contributed by atoms with Crippen LogP contribution in [0.15, 0.2) is 78.0 Å². The average molecular weight is 347 g/mol. The number of fused-ring (bicyclic) bond motifs is 1. The Bertz CT molecular complexity index is 993. The minimum Gasteiger partial charge on any atom is -0.485 e. The molecule has 4 rings (SSSR count). The molecule has 0 amide bonds. The predicted octanol–water partition coefficient (Wildman–Crippen LogP) is 4.72. The summed E-state index contributed by atoms with van der Waals surface area (Å²) >= 11 is 1.57. The highest BCUT2D eigenvalue weighted by atomic mass is 32.2. The van der Waals surface area contributed by atoms with E-state index in [0.717, 1.165) is 33.2 Å². The molecule has 0 fully saturated rings. The van der Waals surface area contributed by atoms with Crippen molar-refractivity contribution in [3.8, 4) is 11.4 Å². The van der Waals surface area contributed by atoms with Crippen LogP contribution < -0.4 is 4.74 Å². The maximum Gasteiger partial charge on any atom is 0.195 e. The second-order valence-corrected chi connectivity index (χ2v) is 6.31. The number of nitrogens with zero attached hydrogens (tertiary/aromatic N) is 3. The molecule has 0 radical (unpaired) electrons. The summed E-state index contributed by atoms with van der Waals surface area (Å²) in [6, 6.07) is 24.4. The highest BCUT2D eigenvalue weighted by Gasteiger charge is 2.14. The molecule has 0 atom stereocenters. The van der Waals surface area contributed by atoms with Crippen LogP contribution in [0.2, 0.25) is 0 Å². The zero-order valence-corrected chi connectivity index (χ0v) is 14.6. The van der Waals surface area contributed by atoms with Gasteiger partial charge in [0.15, 0.2) is 11.0 Å². The van der Waals surface area contributed by atoms with E-state index in [1.54, 1.807) is 11.8 Å². The van der Waals surface area contributed by atoms with Crippen molar-refractivity contribution in [2.75, 3.05) is 6.26 Å². The summed E-state index contributed by atoms with van der Waals surface area (Å²) in [5.41, 5.74) is 1.04. The molecule has 0 saturated heterocycles. The van der Waals surface area contributed by atoms with Gasteiger partial charge in [-0.25, -0.2) is 0 Å². The number of hydrogen-bond acceptors (Lipinski definition) is 4. The number of aromatic nitrogens is 3. The third kappa shape index (κ3) is 3.10. The normalized spacial score (nSPS) is 10.9. The van der Waals surface area contributed by atoms with Gasteiger partial charge in [-0.15, -0.1) is 10.2 Å². The summed E-state index contributed by atoms with van der Waals surface area (Å²) in [5.74, 6) is 1.63. The first-order valence-electron chi connectivity index (χ1n) is 8.01. The number of ether oxygens (including phenoxy) is 1. The molecular formula is C20H17N3OS. The van der Waals surface area contributed by atoms with Crippen molar-refractivity contribution in [1.82, 2.24) is 14.8 Å². The van der Waals surface area contributed by atoms with Gasteiger partial charge in [-0.2, -0.15) is 0 Å². The Labute approximate surface area is 150 Å². The van der Waals surface area contributed by atoms with Gasteiger partial charge in [-0.05, 0) is 29.8 Å². The first kappa shape index (κ1) is 15.7. The van der Waals surface area contributed by atoms with Crippen molar-refractivity contribution in [3.05, 3.63) is 78.6 Å². The summed E-state index contributed by atoms with van der Waals surface area (Å²) in [6.45, 7) is 0.358. The van der Waals surface area contributed by atoms with Gasteiger partial charge in [-0.3, -0.25) is 4.57 Å². The fourth-order valence-corrected chi connectivity index (χ4v) is 3.34. The maximum absolute atomic E-state index is 6.09. The molecule has 0 unspecified atom stereocenters. The number of thioether (sulfide) groups is 1. The van der Waals surface area contributed by atoms with E-state index in [9.17, 15) is 0 Å². The number of rotatable bonds is 5. The Kier molecular flexibility index (Phi) is 4.39. The van der Waals surface area contributed by atoms with E-state index in [4.69, 9.17) is 4.74 Å². The van der Waals surface area contributed by atoms with Crippen LogP contribution in [0.25, 0.3) is 16.5 Å². The highest BCUT2D eigenvalue weighted by molar-refractivity contribution is 7.98. The zero-order valence-electron chi connectivity index (χ0n) is 13.8. The first-order valence-corrected chi connectivity index (χ1v) is 9.23. The van der Waals surface area contributed by atoms with Gasteiger partial charge in [0.25, 0.3) is 0 Å². The minimum atomic E-state index is 0.358. The molecule has 5 heteroatoms. The smallest absolute Gasteiger partial charge is 0.195 e. The Morgan fingerprint density at radius 3 is 2.48 bits per heavy atom. The van der Waals surface area contributed by atoms with E-state index in [2.05, 4.69) is 28.4 Å². The van der Waals surface area contributed by atoms with Gasteiger partial charge in [0.2, 0.25) is 0 Å². The van der Waals surface area contributed by atoms with E-state index in [1.165, 1.54) is 0 Å². The molecule has 3 aromatic carbocycles. The second-order valence-electron chi connectivity index (χ2n) is 5.54. The molecule has 0 saturated carbocycles. The molecule has 0 spiro atoms. The van der Waals surface area contributed by atoms with Gasteiger partial charge in [0.05, 0.1) is 0 Å². The number of para-hydroxylation sites is 1. The van der Waals surface area contributed by atoms with Crippen LogP contribution >= 0.6 is 11.8 Å².